The van der Waals surface area contributed by atoms with Gasteiger partial charge in [-0.2, -0.15) is 4.31 Å². The number of nitrogens with zero attached hydrogens (tertiary/aromatic N) is 3. The lowest BCUT2D eigenvalue weighted by Crippen LogP contribution is -2.54. The van der Waals surface area contributed by atoms with Gasteiger partial charge in [-0.1, -0.05) is 13.3 Å². The lowest BCUT2D eigenvalue weighted by Gasteiger charge is -2.38. The van der Waals surface area contributed by atoms with E-state index in [4.69, 9.17) is 0 Å². The maximum atomic E-state index is 13.1. The van der Waals surface area contributed by atoms with Gasteiger partial charge in [0.2, 0.25) is 15.9 Å². The lowest BCUT2D eigenvalue weighted by atomic mass is 9.97. The molecule has 0 N–H and O–H groups in total. The van der Waals surface area contributed by atoms with Crippen LogP contribution in [-0.4, -0.2) is 54.1 Å². The summed E-state index contributed by atoms with van der Waals surface area (Å²) in [6.07, 6.45) is 3.90. The third-order valence-corrected chi connectivity index (χ3v) is 7.41. The predicted octanol–water partition coefficient (Wildman–Crippen LogP) is 2.40. The van der Waals surface area contributed by atoms with Gasteiger partial charge in [-0.15, -0.1) is 0 Å². The highest BCUT2D eigenvalue weighted by molar-refractivity contribution is 7.89. The van der Waals surface area contributed by atoms with Gasteiger partial charge in [-0.3, -0.25) is 14.9 Å². The van der Waals surface area contributed by atoms with Gasteiger partial charge in [0.05, 0.1) is 9.82 Å². The molecule has 0 aliphatic carbocycles. The SMILES string of the molecule is CC1CCN(C(=O)[C@@H]2CCCCN2S(=O)(=O)c2ccc([N+](=O)[O-])cc2)CC1. The number of hydrogen-bond acceptors (Lipinski definition) is 5. The Labute approximate surface area is 159 Å². The molecular formula is C18H25N3O5S. The average Bonchev–Trinajstić information content (AvgIpc) is 2.68. The molecule has 8 nitrogen and oxygen atoms in total. The maximum Gasteiger partial charge on any atom is 0.269 e. The van der Waals surface area contributed by atoms with E-state index in [0.29, 0.717) is 38.4 Å². The summed E-state index contributed by atoms with van der Waals surface area (Å²) >= 11 is 0. The first-order chi connectivity index (χ1) is 12.8. The monoisotopic (exact) mass is 395 g/mol. The maximum absolute atomic E-state index is 13.1. The number of carbonyl (C=O) groups excluding carboxylic acids is 1. The van der Waals surface area contributed by atoms with Crippen LogP contribution in [0.1, 0.15) is 39.0 Å². The second-order valence-electron chi connectivity index (χ2n) is 7.39. The molecular weight excluding hydrogens is 370 g/mol. The number of piperidine rings is 2. The zero-order valence-corrected chi connectivity index (χ0v) is 16.2. The Morgan fingerprint density at radius 3 is 2.30 bits per heavy atom. The first-order valence-electron chi connectivity index (χ1n) is 9.36. The van der Waals surface area contributed by atoms with Crippen LogP contribution in [0.4, 0.5) is 5.69 Å². The Morgan fingerprint density at radius 1 is 1.07 bits per heavy atom. The Balaban J connectivity index is 1.83. The van der Waals surface area contributed by atoms with E-state index in [1.54, 1.807) is 4.90 Å². The smallest absolute Gasteiger partial charge is 0.269 e. The molecule has 1 aromatic rings. The van der Waals surface area contributed by atoms with Crippen molar-refractivity contribution in [3.8, 4) is 0 Å². The second kappa shape index (κ2) is 7.93. The van der Waals surface area contributed by atoms with Crippen molar-refractivity contribution >= 4 is 21.6 Å². The minimum Gasteiger partial charge on any atom is -0.341 e. The summed E-state index contributed by atoms with van der Waals surface area (Å²) in [6.45, 7) is 3.79. The Hall–Kier alpha value is -2.00. The molecule has 2 fully saturated rings. The molecule has 0 aromatic heterocycles. The van der Waals surface area contributed by atoms with Crippen LogP contribution in [0.5, 0.6) is 0 Å². The molecule has 3 rings (SSSR count). The Bertz CT molecular complexity index is 801. The van der Waals surface area contributed by atoms with Crippen LogP contribution in [-0.2, 0) is 14.8 Å². The van der Waals surface area contributed by atoms with Crippen LogP contribution < -0.4 is 0 Å². The molecule has 2 saturated heterocycles. The molecule has 148 valence electrons. The van der Waals surface area contributed by atoms with Crippen molar-refractivity contribution < 1.29 is 18.1 Å². The lowest BCUT2D eigenvalue weighted by molar-refractivity contribution is -0.384. The predicted molar refractivity (Wildman–Crippen MR) is 99.6 cm³/mol. The first kappa shape index (κ1) is 19.8. The largest absolute Gasteiger partial charge is 0.341 e. The van der Waals surface area contributed by atoms with Crippen molar-refractivity contribution in [2.24, 2.45) is 5.92 Å². The summed E-state index contributed by atoms with van der Waals surface area (Å²) in [5.74, 6) is 0.465. The van der Waals surface area contributed by atoms with Crippen LogP contribution in [0.3, 0.4) is 0 Å². The fraction of sp³-hybridized carbons (Fsp3) is 0.611. The Morgan fingerprint density at radius 2 is 1.70 bits per heavy atom. The molecule has 27 heavy (non-hydrogen) atoms. The molecule has 2 heterocycles. The highest BCUT2D eigenvalue weighted by Gasteiger charge is 2.40. The van der Waals surface area contributed by atoms with E-state index in [-0.39, 0.29) is 16.5 Å². The number of rotatable bonds is 4. The Kier molecular flexibility index (Phi) is 5.81. The minimum atomic E-state index is -3.88. The molecule has 1 atom stereocenters. The van der Waals surface area contributed by atoms with Crippen molar-refractivity contribution in [2.75, 3.05) is 19.6 Å². The van der Waals surface area contributed by atoms with Crippen LogP contribution in [0.25, 0.3) is 0 Å². The number of carbonyl (C=O) groups is 1. The molecule has 0 radical (unpaired) electrons. The number of non-ortho nitro benzene ring substituents is 1. The van der Waals surface area contributed by atoms with Gasteiger partial charge in [-0.05, 0) is 43.7 Å². The van der Waals surface area contributed by atoms with Crippen molar-refractivity contribution in [3.63, 3.8) is 0 Å². The molecule has 0 bridgehead atoms. The van der Waals surface area contributed by atoms with E-state index in [2.05, 4.69) is 6.92 Å². The third kappa shape index (κ3) is 4.14. The summed E-state index contributed by atoms with van der Waals surface area (Å²) in [6, 6.07) is 4.16. The molecule has 2 aliphatic heterocycles. The average molecular weight is 395 g/mol. The van der Waals surface area contributed by atoms with Crippen molar-refractivity contribution in [3.05, 3.63) is 34.4 Å². The van der Waals surface area contributed by atoms with Gasteiger partial charge >= 0.3 is 0 Å². The van der Waals surface area contributed by atoms with Gasteiger partial charge in [0.15, 0.2) is 0 Å². The van der Waals surface area contributed by atoms with Crippen molar-refractivity contribution in [1.29, 1.82) is 0 Å². The standard InChI is InChI=1S/C18H25N3O5S/c1-14-9-12-19(13-10-14)18(22)17-4-2-3-11-20(17)27(25,26)16-7-5-15(6-8-16)21(23)24/h5-8,14,17H,2-4,9-13H2,1H3/t17-/m0/s1. The van der Waals surface area contributed by atoms with Gasteiger partial charge in [0.25, 0.3) is 5.69 Å². The summed E-state index contributed by atoms with van der Waals surface area (Å²) in [4.78, 5) is 25.0. The first-order valence-corrected chi connectivity index (χ1v) is 10.8. The van der Waals surface area contributed by atoms with E-state index < -0.39 is 21.0 Å². The summed E-state index contributed by atoms with van der Waals surface area (Å²) < 4.78 is 27.5. The third-order valence-electron chi connectivity index (χ3n) is 5.49. The molecule has 1 aromatic carbocycles. The second-order valence-corrected chi connectivity index (χ2v) is 9.28. The van der Waals surface area contributed by atoms with Crippen LogP contribution >= 0.6 is 0 Å². The van der Waals surface area contributed by atoms with Gasteiger partial charge in [0.1, 0.15) is 6.04 Å². The number of hydrogen-bond donors (Lipinski definition) is 0. The summed E-state index contributed by atoms with van der Waals surface area (Å²) in [5.41, 5.74) is -0.164. The number of nitro benzene ring substituents is 1. The topological polar surface area (TPSA) is 101 Å². The van der Waals surface area contributed by atoms with Crippen molar-refractivity contribution in [2.45, 2.75) is 50.0 Å². The van der Waals surface area contributed by atoms with Gasteiger partial charge in [-0.25, -0.2) is 8.42 Å². The fourth-order valence-electron chi connectivity index (χ4n) is 3.75. The van der Waals surface area contributed by atoms with Crippen LogP contribution in [0.15, 0.2) is 29.2 Å². The van der Waals surface area contributed by atoms with E-state index in [0.717, 1.165) is 19.3 Å². The molecule has 0 spiro atoms. The molecule has 0 saturated carbocycles. The molecule has 1 amide bonds. The molecule has 2 aliphatic rings. The molecule has 0 unspecified atom stereocenters. The highest BCUT2D eigenvalue weighted by atomic mass is 32.2. The van der Waals surface area contributed by atoms with Gasteiger partial charge in [0, 0.05) is 31.8 Å². The van der Waals surface area contributed by atoms with Crippen LogP contribution in [0.2, 0.25) is 0 Å². The number of sulfonamides is 1. The van der Waals surface area contributed by atoms with Crippen LogP contribution in [0, 0.1) is 16.0 Å². The number of amides is 1. The molecule has 9 heteroatoms. The summed E-state index contributed by atoms with van der Waals surface area (Å²) in [7, 11) is -3.88. The minimum absolute atomic E-state index is 0.0138. The van der Waals surface area contributed by atoms with Gasteiger partial charge < -0.3 is 4.90 Å². The fourth-order valence-corrected chi connectivity index (χ4v) is 5.41. The summed E-state index contributed by atoms with van der Waals surface area (Å²) in [5, 5.41) is 10.8. The van der Waals surface area contributed by atoms with E-state index in [1.165, 1.54) is 28.6 Å². The van der Waals surface area contributed by atoms with Crippen molar-refractivity contribution in [1.82, 2.24) is 9.21 Å². The van der Waals surface area contributed by atoms with E-state index in [9.17, 15) is 23.3 Å². The number of nitro groups is 1. The number of likely N-dealkylation sites (tertiary alicyclic amines) is 1. The quantitative estimate of drug-likeness (QED) is 0.575. The van der Waals surface area contributed by atoms with E-state index in [1.807, 2.05) is 0 Å². The normalized spacial score (nSPS) is 22.6. The number of benzene rings is 1. The zero-order valence-electron chi connectivity index (χ0n) is 15.4. The van der Waals surface area contributed by atoms with E-state index >= 15 is 0 Å². The zero-order chi connectivity index (χ0) is 19.6. The highest BCUT2D eigenvalue weighted by Crippen LogP contribution is 2.28.